The molecule has 6 heteroatoms. The van der Waals surface area contributed by atoms with Crippen molar-refractivity contribution in [3.8, 4) is 16.3 Å². The summed E-state index contributed by atoms with van der Waals surface area (Å²) >= 11 is 1.34. The SMILES string of the molecule is CC[C@@H](Oc1ccc(C)cc1C)C(=O)Nc1nnc(-c2ccccc2)s1. The smallest absolute Gasteiger partial charge is 0.267 e. The Morgan fingerprint density at radius 3 is 2.62 bits per heavy atom. The van der Waals surface area contributed by atoms with E-state index in [-0.39, 0.29) is 5.91 Å². The molecule has 0 saturated carbocycles. The van der Waals surface area contributed by atoms with Gasteiger partial charge < -0.3 is 4.74 Å². The van der Waals surface area contributed by atoms with Crippen LogP contribution >= 0.6 is 11.3 Å². The van der Waals surface area contributed by atoms with E-state index in [0.717, 1.165) is 27.4 Å². The zero-order chi connectivity index (χ0) is 18.5. The van der Waals surface area contributed by atoms with Gasteiger partial charge in [0.2, 0.25) is 5.13 Å². The minimum atomic E-state index is -0.583. The third kappa shape index (κ3) is 4.26. The van der Waals surface area contributed by atoms with Crippen molar-refractivity contribution in [2.24, 2.45) is 0 Å². The van der Waals surface area contributed by atoms with Crippen molar-refractivity contribution < 1.29 is 9.53 Å². The zero-order valence-electron chi connectivity index (χ0n) is 15.0. The molecule has 0 aliphatic heterocycles. The van der Waals surface area contributed by atoms with E-state index >= 15 is 0 Å². The number of aromatic nitrogens is 2. The number of amides is 1. The molecule has 0 saturated heterocycles. The monoisotopic (exact) mass is 367 g/mol. The van der Waals surface area contributed by atoms with Crippen molar-refractivity contribution in [3.63, 3.8) is 0 Å². The fraction of sp³-hybridized carbons (Fsp3) is 0.250. The van der Waals surface area contributed by atoms with Crippen LogP contribution in [0.4, 0.5) is 5.13 Å². The summed E-state index contributed by atoms with van der Waals surface area (Å²) < 4.78 is 5.92. The molecule has 5 nitrogen and oxygen atoms in total. The highest BCUT2D eigenvalue weighted by Gasteiger charge is 2.21. The third-order valence-corrected chi connectivity index (χ3v) is 4.83. The highest BCUT2D eigenvalue weighted by molar-refractivity contribution is 7.18. The minimum absolute atomic E-state index is 0.219. The molecule has 1 heterocycles. The van der Waals surface area contributed by atoms with Crippen molar-refractivity contribution >= 4 is 22.4 Å². The molecule has 3 rings (SSSR count). The zero-order valence-corrected chi connectivity index (χ0v) is 15.8. The number of carbonyl (C=O) groups is 1. The van der Waals surface area contributed by atoms with Crippen LogP contribution in [0, 0.1) is 13.8 Å². The van der Waals surface area contributed by atoms with Crippen LogP contribution in [0.3, 0.4) is 0 Å². The average Bonchev–Trinajstić information content (AvgIpc) is 3.10. The van der Waals surface area contributed by atoms with Gasteiger partial charge in [-0.15, -0.1) is 10.2 Å². The molecule has 0 bridgehead atoms. The molecule has 0 fully saturated rings. The largest absolute Gasteiger partial charge is 0.480 e. The van der Waals surface area contributed by atoms with Crippen molar-refractivity contribution in [1.29, 1.82) is 0 Å². The quantitative estimate of drug-likeness (QED) is 0.690. The lowest BCUT2D eigenvalue weighted by Crippen LogP contribution is -2.32. The summed E-state index contributed by atoms with van der Waals surface area (Å²) in [7, 11) is 0. The van der Waals surface area contributed by atoms with E-state index < -0.39 is 6.10 Å². The van der Waals surface area contributed by atoms with Crippen LogP contribution in [0.25, 0.3) is 10.6 Å². The molecule has 134 valence electrons. The van der Waals surface area contributed by atoms with Gasteiger partial charge in [0.1, 0.15) is 10.8 Å². The standard InChI is InChI=1S/C20H21N3O2S/c1-4-16(25-17-11-10-13(2)12-14(17)3)18(24)21-20-23-22-19(26-20)15-8-6-5-7-9-15/h5-12,16H,4H2,1-3H3,(H,21,23,24)/t16-/m1/s1. The van der Waals surface area contributed by atoms with Gasteiger partial charge in [0, 0.05) is 5.56 Å². The van der Waals surface area contributed by atoms with E-state index in [1.165, 1.54) is 11.3 Å². The maximum absolute atomic E-state index is 12.6. The highest BCUT2D eigenvalue weighted by Crippen LogP contribution is 2.26. The van der Waals surface area contributed by atoms with Gasteiger partial charge in [-0.25, -0.2) is 0 Å². The fourth-order valence-corrected chi connectivity index (χ4v) is 3.32. The first-order valence-corrected chi connectivity index (χ1v) is 9.32. The predicted molar refractivity (Wildman–Crippen MR) is 105 cm³/mol. The summed E-state index contributed by atoms with van der Waals surface area (Å²) in [6.07, 6.45) is -0.0239. The van der Waals surface area contributed by atoms with E-state index in [2.05, 4.69) is 15.5 Å². The third-order valence-electron chi connectivity index (χ3n) is 3.94. The Morgan fingerprint density at radius 1 is 1.15 bits per heavy atom. The number of benzene rings is 2. The van der Waals surface area contributed by atoms with E-state index in [4.69, 9.17) is 4.74 Å². The van der Waals surface area contributed by atoms with Crippen LogP contribution in [-0.4, -0.2) is 22.2 Å². The normalized spacial score (nSPS) is 11.8. The number of hydrogen-bond donors (Lipinski definition) is 1. The van der Waals surface area contributed by atoms with Crippen molar-refractivity contribution in [2.75, 3.05) is 5.32 Å². The molecule has 1 N–H and O–H groups in total. The number of ether oxygens (including phenoxy) is 1. The maximum Gasteiger partial charge on any atom is 0.267 e. The number of hydrogen-bond acceptors (Lipinski definition) is 5. The van der Waals surface area contributed by atoms with E-state index in [9.17, 15) is 4.79 Å². The predicted octanol–water partition coefficient (Wildman–Crippen LogP) is 4.62. The van der Waals surface area contributed by atoms with Gasteiger partial charge in [-0.2, -0.15) is 0 Å². The summed E-state index contributed by atoms with van der Waals surface area (Å²) in [5, 5.41) is 12.3. The van der Waals surface area contributed by atoms with E-state index in [0.29, 0.717) is 11.6 Å². The molecule has 1 aromatic heterocycles. The Morgan fingerprint density at radius 2 is 1.92 bits per heavy atom. The molecule has 0 aliphatic rings. The lowest BCUT2D eigenvalue weighted by Gasteiger charge is -2.18. The molecule has 1 amide bonds. The van der Waals surface area contributed by atoms with E-state index in [1.807, 2.05) is 69.3 Å². The first-order chi connectivity index (χ1) is 12.6. The Bertz CT molecular complexity index is 893. The van der Waals surface area contributed by atoms with Crippen LogP contribution in [0.2, 0.25) is 0 Å². The number of nitrogens with zero attached hydrogens (tertiary/aromatic N) is 2. The molecule has 3 aromatic rings. The van der Waals surface area contributed by atoms with Gasteiger partial charge in [0.05, 0.1) is 0 Å². The number of nitrogens with one attached hydrogen (secondary N) is 1. The lowest BCUT2D eigenvalue weighted by atomic mass is 10.1. The van der Waals surface area contributed by atoms with Crippen LogP contribution in [0.1, 0.15) is 24.5 Å². The molecule has 0 unspecified atom stereocenters. The molecule has 0 radical (unpaired) electrons. The van der Waals surface area contributed by atoms with Crippen LogP contribution in [-0.2, 0) is 4.79 Å². The molecule has 1 atom stereocenters. The average molecular weight is 367 g/mol. The van der Waals surface area contributed by atoms with Crippen LogP contribution < -0.4 is 10.1 Å². The lowest BCUT2D eigenvalue weighted by molar-refractivity contribution is -0.122. The van der Waals surface area contributed by atoms with Crippen molar-refractivity contribution in [3.05, 3.63) is 59.7 Å². The Balaban J connectivity index is 1.69. The molecular weight excluding hydrogens is 346 g/mol. The van der Waals surface area contributed by atoms with Crippen molar-refractivity contribution in [1.82, 2.24) is 10.2 Å². The molecule has 0 spiro atoms. The topological polar surface area (TPSA) is 64.1 Å². The second-order valence-corrected chi connectivity index (χ2v) is 7.03. The van der Waals surface area contributed by atoms with Crippen LogP contribution in [0.15, 0.2) is 48.5 Å². The summed E-state index contributed by atoms with van der Waals surface area (Å²) in [5.74, 6) is 0.503. The summed E-state index contributed by atoms with van der Waals surface area (Å²) in [6.45, 7) is 5.92. The summed E-state index contributed by atoms with van der Waals surface area (Å²) in [4.78, 5) is 12.6. The van der Waals surface area contributed by atoms with Crippen molar-refractivity contribution in [2.45, 2.75) is 33.3 Å². The number of anilines is 1. The van der Waals surface area contributed by atoms with Gasteiger partial charge in [-0.1, -0.05) is 66.3 Å². The number of rotatable bonds is 6. The second kappa shape index (κ2) is 8.10. The molecule has 0 aliphatic carbocycles. The molecule has 2 aromatic carbocycles. The summed E-state index contributed by atoms with van der Waals surface area (Å²) in [6, 6.07) is 15.7. The van der Waals surface area contributed by atoms with Gasteiger partial charge in [0.15, 0.2) is 6.10 Å². The Hall–Kier alpha value is -2.73. The van der Waals surface area contributed by atoms with E-state index in [1.54, 1.807) is 0 Å². The van der Waals surface area contributed by atoms with Gasteiger partial charge in [-0.05, 0) is 31.9 Å². The molecular formula is C20H21N3O2S. The van der Waals surface area contributed by atoms with Gasteiger partial charge in [-0.3, -0.25) is 10.1 Å². The minimum Gasteiger partial charge on any atom is -0.480 e. The highest BCUT2D eigenvalue weighted by atomic mass is 32.1. The second-order valence-electron chi connectivity index (χ2n) is 6.05. The Kier molecular flexibility index (Phi) is 5.63. The van der Waals surface area contributed by atoms with Gasteiger partial charge >= 0.3 is 0 Å². The first kappa shape index (κ1) is 18.1. The first-order valence-electron chi connectivity index (χ1n) is 8.50. The maximum atomic E-state index is 12.6. The summed E-state index contributed by atoms with van der Waals surface area (Å²) in [5.41, 5.74) is 3.15. The molecule has 26 heavy (non-hydrogen) atoms. The Labute approximate surface area is 157 Å². The fourth-order valence-electron chi connectivity index (χ4n) is 2.56. The number of carbonyl (C=O) groups excluding carboxylic acids is 1. The van der Waals surface area contributed by atoms with Crippen LogP contribution in [0.5, 0.6) is 5.75 Å². The number of aryl methyl sites for hydroxylation is 2. The van der Waals surface area contributed by atoms with Gasteiger partial charge in [0.25, 0.3) is 5.91 Å².